The summed E-state index contributed by atoms with van der Waals surface area (Å²) in [6.07, 6.45) is 0. The molecule has 0 bridgehead atoms. The minimum Gasteiger partial charge on any atom is -0.460 e. The molecule has 5 nitrogen and oxygen atoms in total. The predicted octanol–water partition coefficient (Wildman–Crippen LogP) is 3.78. The summed E-state index contributed by atoms with van der Waals surface area (Å²) < 4.78 is 5.89. The van der Waals surface area contributed by atoms with Gasteiger partial charge in [-0.25, -0.2) is 4.79 Å². The van der Waals surface area contributed by atoms with Gasteiger partial charge < -0.3 is 14.6 Å². The Labute approximate surface area is 146 Å². The number of hydrogen-bond donors (Lipinski definition) is 1. The van der Waals surface area contributed by atoms with Gasteiger partial charge in [0.1, 0.15) is 11.3 Å². The molecule has 2 aromatic carbocycles. The molecule has 2 amide bonds. The highest BCUT2D eigenvalue weighted by Gasteiger charge is 2.22. The summed E-state index contributed by atoms with van der Waals surface area (Å²) in [5, 5.41) is 4.08. The first-order chi connectivity index (χ1) is 12.3. The van der Waals surface area contributed by atoms with Crippen LogP contribution >= 0.6 is 0 Å². The van der Waals surface area contributed by atoms with E-state index >= 15 is 0 Å². The summed E-state index contributed by atoms with van der Waals surface area (Å²) in [5.74, 6) is 0.975. The van der Waals surface area contributed by atoms with E-state index in [-0.39, 0.29) is 6.03 Å². The quantitative estimate of drug-likeness (QED) is 0.792. The summed E-state index contributed by atoms with van der Waals surface area (Å²) in [4.78, 5) is 16.5. The number of anilines is 1. The lowest BCUT2D eigenvalue weighted by molar-refractivity contribution is 0.137. The molecule has 128 valence electrons. The first kappa shape index (κ1) is 15.7. The van der Waals surface area contributed by atoms with E-state index in [9.17, 15) is 4.79 Å². The number of fused-ring (bicyclic) bond motifs is 1. The smallest absolute Gasteiger partial charge is 0.321 e. The molecule has 5 heteroatoms. The monoisotopic (exact) mass is 335 g/mol. The molecule has 1 aliphatic heterocycles. The molecule has 0 unspecified atom stereocenters. The number of para-hydroxylation sites is 2. The van der Waals surface area contributed by atoms with Crippen LogP contribution < -0.4 is 5.32 Å². The van der Waals surface area contributed by atoms with Gasteiger partial charge in [-0.1, -0.05) is 36.4 Å². The Morgan fingerprint density at radius 1 is 0.960 bits per heavy atom. The minimum atomic E-state index is -0.0328. The highest BCUT2D eigenvalue weighted by atomic mass is 16.3. The van der Waals surface area contributed by atoms with E-state index in [0.29, 0.717) is 0 Å². The van der Waals surface area contributed by atoms with Crippen molar-refractivity contribution < 1.29 is 9.21 Å². The third-order valence-electron chi connectivity index (χ3n) is 4.54. The lowest BCUT2D eigenvalue weighted by atomic mass is 10.2. The van der Waals surface area contributed by atoms with Crippen molar-refractivity contribution in [3.8, 4) is 0 Å². The second-order valence-corrected chi connectivity index (χ2v) is 6.31. The number of amides is 2. The van der Waals surface area contributed by atoms with Crippen molar-refractivity contribution in [2.75, 3.05) is 31.5 Å². The van der Waals surface area contributed by atoms with Gasteiger partial charge in [0.05, 0.1) is 6.54 Å². The zero-order valence-electron chi connectivity index (χ0n) is 14.0. The molecule has 0 saturated carbocycles. The van der Waals surface area contributed by atoms with Gasteiger partial charge in [0.15, 0.2) is 0 Å². The van der Waals surface area contributed by atoms with Crippen LogP contribution in [0.1, 0.15) is 5.76 Å². The van der Waals surface area contributed by atoms with E-state index in [0.717, 1.165) is 55.1 Å². The molecule has 1 aliphatic rings. The van der Waals surface area contributed by atoms with Crippen molar-refractivity contribution in [1.29, 1.82) is 0 Å². The van der Waals surface area contributed by atoms with Crippen molar-refractivity contribution in [1.82, 2.24) is 9.80 Å². The van der Waals surface area contributed by atoms with Gasteiger partial charge in [0.25, 0.3) is 0 Å². The van der Waals surface area contributed by atoms with E-state index in [2.05, 4.69) is 22.3 Å². The Morgan fingerprint density at radius 3 is 2.44 bits per heavy atom. The molecule has 25 heavy (non-hydrogen) atoms. The number of piperazine rings is 1. The van der Waals surface area contributed by atoms with Gasteiger partial charge in [0.2, 0.25) is 0 Å². The third kappa shape index (κ3) is 3.67. The molecule has 1 fully saturated rings. The maximum Gasteiger partial charge on any atom is 0.321 e. The van der Waals surface area contributed by atoms with Gasteiger partial charge in [-0.15, -0.1) is 0 Å². The maximum atomic E-state index is 12.3. The van der Waals surface area contributed by atoms with Crippen molar-refractivity contribution >= 4 is 22.7 Å². The third-order valence-corrected chi connectivity index (χ3v) is 4.54. The Hall–Kier alpha value is -2.79. The molecule has 0 spiro atoms. The summed E-state index contributed by atoms with van der Waals surface area (Å²) in [6.45, 7) is 3.92. The molecule has 1 N–H and O–H groups in total. The second kappa shape index (κ2) is 6.99. The molecule has 0 atom stereocenters. The highest BCUT2D eigenvalue weighted by Crippen LogP contribution is 2.20. The zero-order valence-corrected chi connectivity index (χ0v) is 14.0. The number of nitrogens with one attached hydrogen (secondary N) is 1. The number of hydrogen-bond acceptors (Lipinski definition) is 3. The molecule has 4 rings (SSSR count). The number of carbonyl (C=O) groups is 1. The van der Waals surface area contributed by atoms with Gasteiger partial charge in [-0.2, -0.15) is 0 Å². The molecule has 0 radical (unpaired) electrons. The zero-order chi connectivity index (χ0) is 17.1. The molecular weight excluding hydrogens is 314 g/mol. The SMILES string of the molecule is O=C(Nc1ccccc1)N1CCN(Cc2cc3ccccc3o2)CC1. The maximum absolute atomic E-state index is 12.3. The first-order valence-corrected chi connectivity index (χ1v) is 8.59. The van der Waals surface area contributed by atoms with Crippen molar-refractivity contribution in [3.63, 3.8) is 0 Å². The van der Waals surface area contributed by atoms with E-state index in [1.165, 1.54) is 0 Å². The number of benzene rings is 2. The topological polar surface area (TPSA) is 48.7 Å². The van der Waals surface area contributed by atoms with Crippen LogP contribution in [0.2, 0.25) is 0 Å². The van der Waals surface area contributed by atoms with Crippen LogP contribution in [0.5, 0.6) is 0 Å². The van der Waals surface area contributed by atoms with Crippen LogP contribution in [0, 0.1) is 0 Å². The molecule has 2 heterocycles. The molecule has 3 aromatic rings. The number of rotatable bonds is 3. The second-order valence-electron chi connectivity index (χ2n) is 6.31. The summed E-state index contributed by atoms with van der Waals surface area (Å²) in [6, 6.07) is 19.7. The number of furan rings is 1. The lowest BCUT2D eigenvalue weighted by Crippen LogP contribution is -2.49. The Bertz CT molecular complexity index is 819. The molecule has 1 saturated heterocycles. The van der Waals surface area contributed by atoms with Crippen LogP contribution in [0.15, 0.2) is 65.1 Å². The Balaban J connectivity index is 1.31. The Kier molecular flexibility index (Phi) is 4.39. The van der Waals surface area contributed by atoms with E-state index in [4.69, 9.17) is 4.42 Å². The summed E-state index contributed by atoms with van der Waals surface area (Å²) in [5.41, 5.74) is 1.76. The van der Waals surface area contributed by atoms with Crippen LogP contribution in [-0.4, -0.2) is 42.0 Å². The Morgan fingerprint density at radius 2 is 1.68 bits per heavy atom. The molecular formula is C20H21N3O2. The first-order valence-electron chi connectivity index (χ1n) is 8.59. The van der Waals surface area contributed by atoms with Crippen LogP contribution in [0.25, 0.3) is 11.0 Å². The van der Waals surface area contributed by atoms with E-state index in [1.807, 2.05) is 53.4 Å². The van der Waals surface area contributed by atoms with Gasteiger partial charge in [-0.05, 0) is 24.3 Å². The average molecular weight is 335 g/mol. The minimum absolute atomic E-state index is 0.0328. The fourth-order valence-electron chi connectivity index (χ4n) is 3.17. The highest BCUT2D eigenvalue weighted by molar-refractivity contribution is 5.89. The van der Waals surface area contributed by atoms with E-state index < -0.39 is 0 Å². The number of nitrogens with zero attached hydrogens (tertiary/aromatic N) is 2. The fraction of sp³-hybridized carbons (Fsp3) is 0.250. The molecule has 1 aromatic heterocycles. The van der Waals surface area contributed by atoms with Gasteiger partial charge in [0, 0.05) is 37.3 Å². The molecule has 0 aliphatic carbocycles. The van der Waals surface area contributed by atoms with Crippen LogP contribution in [0.3, 0.4) is 0 Å². The summed E-state index contributed by atoms with van der Waals surface area (Å²) >= 11 is 0. The van der Waals surface area contributed by atoms with Crippen molar-refractivity contribution in [2.45, 2.75) is 6.54 Å². The number of carbonyl (C=O) groups excluding carboxylic acids is 1. The van der Waals surface area contributed by atoms with Crippen molar-refractivity contribution in [3.05, 3.63) is 66.4 Å². The standard InChI is InChI=1S/C20H21N3O2/c24-20(21-17-7-2-1-3-8-17)23-12-10-22(11-13-23)15-18-14-16-6-4-5-9-19(16)25-18/h1-9,14H,10-13,15H2,(H,21,24). The lowest BCUT2D eigenvalue weighted by Gasteiger charge is -2.34. The van der Waals surface area contributed by atoms with Crippen LogP contribution in [0.4, 0.5) is 10.5 Å². The van der Waals surface area contributed by atoms with Gasteiger partial charge >= 0.3 is 6.03 Å². The average Bonchev–Trinajstić information content (AvgIpc) is 3.05. The van der Waals surface area contributed by atoms with Crippen LogP contribution in [-0.2, 0) is 6.54 Å². The fourth-order valence-corrected chi connectivity index (χ4v) is 3.17. The van der Waals surface area contributed by atoms with Crippen molar-refractivity contribution in [2.24, 2.45) is 0 Å². The normalized spacial score (nSPS) is 15.4. The number of urea groups is 1. The van der Waals surface area contributed by atoms with Gasteiger partial charge in [-0.3, -0.25) is 4.90 Å². The predicted molar refractivity (Wildman–Crippen MR) is 98.5 cm³/mol. The van der Waals surface area contributed by atoms with E-state index in [1.54, 1.807) is 0 Å². The largest absolute Gasteiger partial charge is 0.460 e. The summed E-state index contributed by atoms with van der Waals surface area (Å²) in [7, 11) is 0.